The van der Waals surface area contributed by atoms with Crippen molar-refractivity contribution in [2.75, 3.05) is 23.3 Å². The third-order valence-corrected chi connectivity index (χ3v) is 6.20. The van der Waals surface area contributed by atoms with E-state index in [0.717, 1.165) is 30.6 Å². The van der Waals surface area contributed by atoms with Gasteiger partial charge in [-0.05, 0) is 43.4 Å². The molecule has 1 aliphatic carbocycles. The second-order valence-corrected chi connectivity index (χ2v) is 8.84. The number of rotatable bonds is 8. The lowest BCUT2D eigenvalue weighted by Crippen LogP contribution is -2.27. The predicted octanol–water partition coefficient (Wildman–Crippen LogP) is 4.71. The molecular weight excluding hydrogens is 395 g/mol. The lowest BCUT2D eigenvalue weighted by molar-refractivity contribution is -0.117. The summed E-state index contributed by atoms with van der Waals surface area (Å²) in [6.07, 6.45) is 7.23. The Kier molecular flexibility index (Phi) is 6.68. The zero-order chi connectivity index (χ0) is 21.8. The van der Waals surface area contributed by atoms with Crippen LogP contribution in [-0.4, -0.2) is 41.0 Å². The number of carbonyl (C=O) groups is 1. The van der Waals surface area contributed by atoms with Crippen molar-refractivity contribution in [2.45, 2.75) is 70.4 Å². The first kappa shape index (κ1) is 21.5. The molecule has 0 radical (unpaired) electrons. The number of Topliss-reactive ketones (excluding diaryl/α,β-unsaturated/α-hetero) is 1. The van der Waals surface area contributed by atoms with Crippen LogP contribution >= 0.6 is 0 Å². The Morgan fingerprint density at radius 1 is 1.26 bits per heavy atom. The van der Waals surface area contributed by atoms with E-state index in [0.29, 0.717) is 37.3 Å². The Bertz CT molecular complexity index is 899. The summed E-state index contributed by atoms with van der Waals surface area (Å²) < 4.78 is 20.6. The Morgan fingerprint density at radius 2 is 2.00 bits per heavy atom. The number of ether oxygens (including phenoxy) is 1. The summed E-state index contributed by atoms with van der Waals surface area (Å²) in [6.45, 7) is 4.95. The number of hydrogen-bond donors (Lipinski definition) is 1. The maximum Gasteiger partial charge on any atom is 0.225 e. The van der Waals surface area contributed by atoms with Gasteiger partial charge in [-0.15, -0.1) is 0 Å². The van der Waals surface area contributed by atoms with Gasteiger partial charge in [0, 0.05) is 25.4 Å². The van der Waals surface area contributed by atoms with Crippen molar-refractivity contribution in [3.8, 4) is 5.75 Å². The van der Waals surface area contributed by atoms with Crippen molar-refractivity contribution in [2.24, 2.45) is 0 Å². The SMILES string of the molecule is CC(=O)C[C@@H](C)c1ccc(O[C@@H]2CCN(c3nc(NC4CCCC4)ncc3F)C2)cc1. The monoisotopic (exact) mass is 426 g/mol. The van der Waals surface area contributed by atoms with E-state index < -0.39 is 5.82 Å². The first-order valence-corrected chi connectivity index (χ1v) is 11.3. The van der Waals surface area contributed by atoms with Crippen LogP contribution in [0, 0.1) is 5.82 Å². The molecule has 0 unspecified atom stereocenters. The lowest BCUT2D eigenvalue weighted by Gasteiger charge is -2.20. The van der Waals surface area contributed by atoms with Crippen molar-refractivity contribution in [3.63, 3.8) is 0 Å². The number of halogens is 1. The average Bonchev–Trinajstić information content (AvgIpc) is 3.42. The summed E-state index contributed by atoms with van der Waals surface area (Å²) in [7, 11) is 0. The molecule has 2 fully saturated rings. The summed E-state index contributed by atoms with van der Waals surface area (Å²) in [5.74, 6) is 1.62. The molecule has 2 heterocycles. The number of benzene rings is 1. The van der Waals surface area contributed by atoms with Gasteiger partial charge in [0.1, 0.15) is 17.6 Å². The third kappa shape index (κ3) is 5.51. The molecule has 1 N–H and O–H groups in total. The summed E-state index contributed by atoms with van der Waals surface area (Å²) in [4.78, 5) is 21.9. The quantitative estimate of drug-likeness (QED) is 0.659. The van der Waals surface area contributed by atoms with Crippen LogP contribution in [0.3, 0.4) is 0 Å². The number of nitrogens with zero attached hydrogens (tertiary/aromatic N) is 3. The summed E-state index contributed by atoms with van der Waals surface area (Å²) in [5.41, 5.74) is 1.13. The molecule has 6 nitrogen and oxygen atoms in total. The van der Waals surface area contributed by atoms with E-state index in [1.54, 1.807) is 6.92 Å². The van der Waals surface area contributed by atoms with E-state index in [2.05, 4.69) is 22.2 Å². The van der Waals surface area contributed by atoms with Gasteiger partial charge in [-0.3, -0.25) is 0 Å². The van der Waals surface area contributed by atoms with Gasteiger partial charge in [-0.1, -0.05) is 31.9 Å². The van der Waals surface area contributed by atoms with E-state index in [1.165, 1.54) is 19.0 Å². The third-order valence-electron chi connectivity index (χ3n) is 6.20. The van der Waals surface area contributed by atoms with Gasteiger partial charge in [0.2, 0.25) is 5.95 Å². The molecule has 2 atom stereocenters. The standard InChI is InChI=1S/C24H31FN4O2/c1-16(13-17(2)30)18-7-9-20(10-8-18)31-21-11-12-29(15-21)23-22(25)14-26-24(28-23)27-19-5-3-4-6-19/h7-10,14,16,19,21H,3-6,11-13,15H2,1-2H3,(H,26,27,28)/t16-,21-/m1/s1. The Labute approximate surface area is 183 Å². The molecule has 0 bridgehead atoms. The zero-order valence-electron chi connectivity index (χ0n) is 18.3. The summed E-state index contributed by atoms with van der Waals surface area (Å²) in [6, 6.07) is 8.31. The summed E-state index contributed by atoms with van der Waals surface area (Å²) >= 11 is 0. The van der Waals surface area contributed by atoms with Crippen LogP contribution in [0.25, 0.3) is 0 Å². The molecule has 2 aromatic rings. The number of carbonyl (C=O) groups excluding carboxylic acids is 1. The van der Waals surface area contributed by atoms with Gasteiger partial charge >= 0.3 is 0 Å². The summed E-state index contributed by atoms with van der Waals surface area (Å²) in [5, 5.41) is 3.34. The first-order valence-electron chi connectivity index (χ1n) is 11.3. The van der Waals surface area contributed by atoms with Gasteiger partial charge in [-0.25, -0.2) is 9.37 Å². The van der Waals surface area contributed by atoms with E-state index in [1.807, 2.05) is 29.2 Å². The first-order chi connectivity index (χ1) is 15.0. The molecule has 0 amide bonds. The molecule has 0 spiro atoms. The molecule has 1 saturated carbocycles. The van der Waals surface area contributed by atoms with Gasteiger partial charge < -0.3 is 19.7 Å². The van der Waals surface area contributed by atoms with E-state index in [-0.39, 0.29) is 17.8 Å². The Hall–Kier alpha value is -2.70. The Morgan fingerprint density at radius 3 is 2.71 bits per heavy atom. The minimum atomic E-state index is -0.401. The second-order valence-electron chi connectivity index (χ2n) is 8.84. The number of anilines is 2. The van der Waals surface area contributed by atoms with E-state index >= 15 is 0 Å². The van der Waals surface area contributed by atoms with Gasteiger partial charge in [0.25, 0.3) is 0 Å². The van der Waals surface area contributed by atoms with Crippen LogP contribution in [0.15, 0.2) is 30.5 Å². The minimum absolute atomic E-state index is 0.0268. The lowest BCUT2D eigenvalue weighted by atomic mass is 9.96. The predicted molar refractivity (Wildman–Crippen MR) is 119 cm³/mol. The molecule has 1 saturated heterocycles. The number of hydrogen-bond acceptors (Lipinski definition) is 6. The maximum atomic E-state index is 14.4. The highest BCUT2D eigenvalue weighted by Gasteiger charge is 2.28. The molecular formula is C24H31FN4O2. The average molecular weight is 427 g/mol. The van der Waals surface area contributed by atoms with Crippen LogP contribution in [0.1, 0.15) is 63.9 Å². The normalized spacial score (nSPS) is 20.1. The highest BCUT2D eigenvalue weighted by atomic mass is 19.1. The topological polar surface area (TPSA) is 67.3 Å². The van der Waals surface area contributed by atoms with Gasteiger partial charge in [0.05, 0.1) is 12.7 Å². The van der Waals surface area contributed by atoms with Crippen LogP contribution in [0.4, 0.5) is 16.2 Å². The minimum Gasteiger partial charge on any atom is -0.489 e. The van der Waals surface area contributed by atoms with Crippen molar-refractivity contribution >= 4 is 17.5 Å². The molecule has 2 aliphatic rings. The van der Waals surface area contributed by atoms with Crippen LogP contribution < -0.4 is 15.0 Å². The van der Waals surface area contributed by atoms with E-state index in [4.69, 9.17) is 4.74 Å². The molecule has 1 aromatic carbocycles. The highest BCUT2D eigenvalue weighted by molar-refractivity contribution is 5.76. The number of aromatic nitrogens is 2. The van der Waals surface area contributed by atoms with Gasteiger partial charge in [0.15, 0.2) is 11.6 Å². The molecule has 7 heteroatoms. The molecule has 4 rings (SSSR count). The molecule has 166 valence electrons. The van der Waals surface area contributed by atoms with Crippen molar-refractivity contribution < 1.29 is 13.9 Å². The van der Waals surface area contributed by atoms with Gasteiger partial charge in [-0.2, -0.15) is 4.98 Å². The fourth-order valence-corrected chi connectivity index (χ4v) is 4.54. The maximum absolute atomic E-state index is 14.4. The molecule has 1 aromatic heterocycles. The zero-order valence-corrected chi connectivity index (χ0v) is 18.3. The van der Waals surface area contributed by atoms with E-state index in [9.17, 15) is 9.18 Å². The number of ketones is 1. The smallest absolute Gasteiger partial charge is 0.225 e. The second kappa shape index (κ2) is 9.62. The fraction of sp³-hybridized carbons (Fsp3) is 0.542. The number of nitrogens with one attached hydrogen (secondary N) is 1. The highest BCUT2D eigenvalue weighted by Crippen LogP contribution is 2.28. The fourth-order valence-electron chi connectivity index (χ4n) is 4.54. The Balaban J connectivity index is 1.35. The van der Waals surface area contributed by atoms with Crippen LogP contribution in [0.2, 0.25) is 0 Å². The molecule has 1 aliphatic heterocycles. The van der Waals surface area contributed by atoms with Crippen molar-refractivity contribution in [1.82, 2.24) is 9.97 Å². The van der Waals surface area contributed by atoms with Crippen LogP contribution in [-0.2, 0) is 4.79 Å². The molecule has 31 heavy (non-hydrogen) atoms. The van der Waals surface area contributed by atoms with Crippen LogP contribution in [0.5, 0.6) is 5.75 Å². The van der Waals surface area contributed by atoms with Crippen molar-refractivity contribution in [1.29, 1.82) is 0 Å². The largest absolute Gasteiger partial charge is 0.489 e. The van der Waals surface area contributed by atoms with Crippen molar-refractivity contribution in [3.05, 3.63) is 41.8 Å².